The summed E-state index contributed by atoms with van der Waals surface area (Å²) in [5.74, 6) is -0.829. The van der Waals surface area contributed by atoms with Crippen LogP contribution in [0.3, 0.4) is 0 Å². The summed E-state index contributed by atoms with van der Waals surface area (Å²) < 4.78 is 0. The highest BCUT2D eigenvalue weighted by Crippen LogP contribution is 2.48. The molecule has 0 spiro atoms. The van der Waals surface area contributed by atoms with Gasteiger partial charge in [-0.15, -0.1) is 0 Å². The highest BCUT2D eigenvalue weighted by molar-refractivity contribution is 5.84. The van der Waals surface area contributed by atoms with Crippen molar-refractivity contribution in [1.29, 1.82) is 0 Å². The van der Waals surface area contributed by atoms with Crippen molar-refractivity contribution in [2.75, 3.05) is 6.54 Å². The molecule has 3 N–H and O–H groups in total. The third-order valence-corrected chi connectivity index (χ3v) is 3.92. The molecular formula is C14H17N3O4. The molecular weight excluding hydrogens is 274 g/mol. The molecule has 1 fully saturated rings. The molecule has 0 amide bonds. The van der Waals surface area contributed by atoms with Gasteiger partial charge in [-0.3, -0.25) is 4.79 Å². The van der Waals surface area contributed by atoms with E-state index < -0.39 is 23.6 Å². The van der Waals surface area contributed by atoms with Gasteiger partial charge in [-0.05, 0) is 35.9 Å². The molecule has 1 aromatic rings. The minimum atomic E-state index is -1.09. The van der Waals surface area contributed by atoms with Crippen LogP contribution in [0.1, 0.15) is 36.5 Å². The summed E-state index contributed by atoms with van der Waals surface area (Å²) in [6, 6.07) is 6.61. The lowest BCUT2D eigenvalue weighted by Crippen LogP contribution is -2.21. The van der Waals surface area contributed by atoms with Crippen LogP contribution in [0.15, 0.2) is 29.4 Å². The van der Waals surface area contributed by atoms with Gasteiger partial charge >= 0.3 is 5.97 Å². The summed E-state index contributed by atoms with van der Waals surface area (Å²) in [6.45, 7) is 0.106. The molecule has 112 valence electrons. The summed E-state index contributed by atoms with van der Waals surface area (Å²) in [4.78, 5) is 13.8. The second-order valence-electron chi connectivity index (χ2n) is 5.26. The van der Waals surface area contributed by atoms with E-state index >= 15 is 0 Å². The van der Waals surface area contributed by atoms with Crippen molar-refractivity contribution in [2.45, 2.75) is 36.9 Å². The summed E-state index contributed by atoms with van der Waals surface area (Å²) in [6.07, 6.45) is -0.715. The third-order valence-electron chi connectivity index (χ3n) is 3.92. The number of aliphatic hydroxyl groups excluding tert-OH is 2. The van der Waals surface area contributed by atoms with E-state index in [1.54, 1.807) is 24.3 Å². The Kier molecular flexibility index (Phi) is 4.47. The Labute approximate surface area is 121 Å². The average molecular weight is 291 g/mol. The number of hydrogen-bond acceptors (Lipinski definition) is 4. The fourth-order valence-electron chi connectivity index (χ4n) is 2.37. The topological polar surface area (TPSA) is 127 Å². The van der Waals surface area contributed by atoms with E-state index in [9.17, 15) is 20.1 Å². The Morgan fingerprint density at radius 1 is 1.33 bits per heavy atom. The van der Waals surface area contributed by atoms with Gasteiger partial charge in [0.15, 0.2) is 0 Å². The minimum Gasteiger partial charge on any atom is -0.481 e. The summed E-state index contributed by atoms with van der Waals surface area (Å²) in [5, 5.41) is 32.3. The van der Waals surface area contributed by atoms with Crippen molar-refractivity contribution < 1.29 is 20.1 Å². The monoisotopic (exact) mass is 291 g/mol. The van der Waals surface area contributed by atoms with Gasteiger partial charge < -0.3 is 15.3 Å². The van der Waals surface area contributed by atoms with E-state index in [2.05, 4.69) is 10.0 Å². The molecule has 0 heterocycles. The van der Waals surface area contributed by atoms with Gasteiger partial charge in [-0.1, -0.05) is 29.4 Å². The normalized spacial score (nSPS) is 18.4. The Morgan fingerprint density at radius 3 is 2.43 bits per heavy atom. The van der Waals surface area contributed by atoms with E-state index in [-0.39, 0.29) is 13.0 Å². The lowest BCUT2D eigenvalue weighted by Gasteiger charge is -2.18. The van der Waals surface area contributed by atoms with Gasteiger partial charge in [-0.25, -0.2) is 0 Å². The molecule has 0 aliphatic heterocycles. The number of carboxylic acid groups (broad SMARTS) is 1. The number of rotatable bonds is 7. The minimum absolute atomic E-state index is 0.106. The predicted octanol–water partition coefficient (Wildman–Crippen LogP) is 1.90. The molecule has 0 saturated heterocycles. The number of aliphatic hydroxyl groups is 2. The Balaban J connectivity index is 2.05. The number of carbonyl (C=O) groups is 1. The van der Waals surface area contributed by atoms with Crippen LogP contribution < -0.4 is 0 Å². The molecule has 1 saturated carbocycles. The fourth-order valence-corrected chi connectivity index (χ4v) is 2.37. The molecule has 21 heavy (non-hydrogen) atoms. The first-order chi connectivity index (χ1) is 10.0. The maximum Gasteiger partial charge on any atom is 0.314 e. The molecule has 0 radical (unpaired) electrons. The second-order valence-corrected chi connectivity index (χ2v) is 5.26. The molecule has 7 heteroatoms. The lowest BCUT2D eigenvalue weighted by molar-refractivity contribution is -0.140. The van der Waals surface area contributed by atoms with E-state index in [1.165, 1.54) is 0 Å². The van der Waals surface area contributed by atoms with Crippen molar-refractivity contribution in [3.8, 4) is 0 Å². The van der Waals surface area contributed by atoms with Gasteiger partial charge in [0.05, 0.1) is 11.5 Å². The van der Waals surface area contributed by atoms with Crippen LogP contribution in [0.2, 0.25) is 0 Å². The zero-order valence-corrected chi connectivity index (χ0v) is 11.4. The first-order valence-corrected chi connectivity index (χ1v) is 6.72. The maximum absolute atomic E-state index is 11.2. The van der Waals surface area contributed by atoms with Crippen molar-refractivity contribution >= 4 is 5.97 Å². The van der Waals surface area contributed by atoms with Crippen molar-refractivity contribution in [1.82, 2.24) is 0 Å². The Bertz CT molecular complexity index is 562. The van der Waals surface area contributed by atoms with Crippen molar-refractivity contribution in [3.63, 3.8) is 0 Å². The zero-order valence-electron chi connectivity index (χ0n) is 11.4. The molecule has 2 rings (SSSR count). The number of aliphatic carboxylic acids is 1. The summed E-state index contributed by atoms with van der Waals surface area (Å²) in [7, 11) is 0. The van der Waals surface area contributed by atoms with Crippen LogP contribution in [0.4, 0.5) is 0 Å². The van der Waals surface area contributed by atoms with E-state index in [0.717, 1.165) is 5.56 Å². The first kappa shape index (κ1) is 15.3. The van der Waals surface area contributed by atoms with Crippen LogP contribution in [-0.2, 0) is 10.2 Å². The Morgan fingerprint density at radius 2 is 1.95 bits per heavy atom. The average Bonchev–Trinajstić information content (AvgIpc) is 3.28. The van der Waals surface area contributed by atoms with Crippen LogP contribution in [0, 0.1) is 0 Å². The fraction of sp³-hybridized carbons (Fsp3) is 0.500. The standard InChI is InChI=1S/C14H17N3O4/c15-17-16-8-5-11(18)12(19)9-1-3-10(4-2-9)14(6-7-14)13(20)21/h1-4,11-12,18-19H,5-8H2,(H,20,21). The zero-order chi connectivity index (χ0) is 15.5. The van der Waals surface area contributed by atoms with Crippen molar-refractivity contribution in [3.05, 3.63) is 45.8 Å². The SMILES string of the molecule is [N-]=[N+]=NCCC(O)C(O)c1ccc(C2(C(=O)O)CC2)cc1. The number of benzene rings is 1. The van der Waals surface area contributed by atoms with Gasteiger partial charge in [0.2, 0.25) is 0 Å². The lowest BCUT2D eigenvalue weighted by atomic mass is 9.93. The quantitative estimate of drug-likeness (QED) is 0.402. The van der Waals surface area contributed by atoms with E-state index in [4.69, 9.17) is 5.53 Å². The first-order valence-electron chi connectivity index (χ1n) is 6.72. The van der Waals surface area contributed by atoms with E-state index in [1.807, 2.05) is 0 Å². The molecule has 1 aliphatic rings. The molecule has 2 atom stereocenters. The number of nitrogens with zero attached hydrogens (tertiary/aromatic N) is 3. The van der Waals surface area contributed by atoms with Crippen LogP contribution in [0.5, 0.6) is 0 Å². The highest BCUT2D eigenvalue weighted by atomic mass is 16.4. The van der Waals surface area contributed by atoms with Crippen molar-refractivity contribution in [2.24, 2.45) is 5.11 Å². The smallest absolute Gasteiger partial charge is 0.314 e. The second kappa shape index (κ2) is 6.13. The number of carboxylic acids is 1. The van der Waals surface area contributed by atoms with Gasteiger partial charge in [-0.2, -0.15) is 0 Å². The van der Waals surface area contributed by atoms with E-state index in [0.29, 0.717) is 18.4 Å². The third kappa shape index (κ3) is 3.16. The van der Waals surface area contributed by atoms with Gasteiger partial charge in [0.1, 0.15) is 6.10 Å². The summed E-state index contributed by atoms with van der Waals surface area (Å²) >= 11 is 0. The molecule has 0 bridgehead atoms. The Hall–Kier alpha value is -2.08. The number of hydrogen-bond donors (Lipinski definition) is 3. The number of azide groups is 1. The van der Waals surface area contributed by atoms with Crippen LogP contribution >= 0.6 is 0 Å². The van der Waals surface area contributed by atoms with Gasteiger partial charge in [0, 0.05) is 11.5 Å². The van der Waals surface area contributed by atoms with Gasteiger partial charge in [0.25, 0.3) is 0 Å². The largest absolute Gasteiger partial charge is 0.481 e. The van der Waals surface area contributed by atoms with Crippen LogP contribution in [-0.4, -0.2) is 33.9 Å². The molecule has 2 unspecified atom stereocenters. The molecule has 1 aromatic carbocycles. The summed E-state index contributed by atoms with van der Waals surface area (Å²) in [5.41, 5.74) is 8.61. The molecule has 0 aromatic heterocycles. The van der Waals surface area contributed by atoms with Crippen LogP contribution in [0.25, 0.3) is 10.4 Å². The maximum atomic E-state index is 11.2. The highest BCUT2D eigenvalue weighted by Gasteiger charge is 2.51. The molecule has 7 nitrogen and oxygen atoms in total. The predicted molar refractivity (Wildman–Crippen MR) is 74.6 cm³/mol. The molecule has 1 aliphatic carbocycles.